The Morgan fingerprint density at radius 1 is 1.15 bits per heavy atom. The van der Waals surface area contributed by atoms with E-state index in [9.17, 15) is 4.79 Å². The zero-order valence-corrected chi connectivity index (χ0v) is 13.2. The van der Waals surface area contributed by atoms with E-state index in [1.165, 1.54) is 11.8 Å². The van der Waals surface area contributed by atoms with Crippen LogP contribution in [0, 0.1) is 0 Å². The minimum atomic E-state index is -0.360. The number of esters is 1. The van der Waals surface area contributed by atoms with E-state index in [4.69, 9.17) is 14.2 Å². The standard InChI is InChI=1S/C15H22O4S/c1-5-13(14(16)19-6-2)20-12-9-7-11(8-10-12)15(17-3)18-4/h7-10,13,15H,5-6H2,1-4H3. The van der Waals surface area contributed by atoms with Crippen molar-refractivity contribution in [3.05, 3.63) is 29.8 Å². The highest BCUT2D eigenvalue weighted by atomic mass is 32.2. The summed E-state index contributed by atoms with van der Waals surface area (Å²) in [6, 6.07) is 7.82. The van der Waals surface area contributed by atoms with Crippen LogP contribution in [0.3, 0.4) is 0 Å². The molecule has 0 bridgehead atoms. The lowest BCUT2D eigenvalue weighted by atomic mass is 10.2. The fraction of sp³-hybridized carbons (Fsp3) is 0.533. The first-order valence-electron chi connectivity index (χ1n) is 6.65. The number of benzene rings is 1. The maximum absolute atomic E-state index is 11.8. The molecule has 4 nitrogen and oxygen atoms in total. The van der Waals surface area contributed by atoms with Gasteiger partial charge in [0.05, 0.1) is 6.61 Å². The van der Waals surface area contributed by atoms with Crippen LogP contribution in [-0.4, -0.2) is 32.0 Å². The molecular weight excluding hydrogens is 276 g/mol. The van der Waals surface area contributed by atoms with Gasteiger partial charge in [-0.1, -0.05) is 19.1 Å². The van der Waals surface area contributed by atoms with Gasteiger partial charge in [0.1, 0.15) is 5.25 Å². The van der Waals surface area contributed by atoms with Crippen molar-refractivity contribution in [2.45, 2.75) is 36.7 Å². The van der Waals surface area contributed by atoms with Crippen molar-refractivity contribution in [1.29, 1.82) is 0 Å². The molecule has 0 spiro atoms. The number of ether oxygens (including phenoxy) is 3. The zero-order chi connectivity index (χ0) is 15.0. The van der Waals surface area contributed by atoms with Crippen molar-refractivity contribution < 1.29 is 19.0 Å². The Kier molecular flexibility index (Phi) is 7.65. The molecule has 5 heteroatoms. The van der Waals surface area contributed by atoms with E-state index in [-0.39, 0.29) is 17.5 Å². The Balaban J connectivity index is 2.70. The van der Waals surface area contributed by atoms with Gasteiger partial charge in [-0.3, -0.25) is 4.79 Å². The summed E-state index contributed by atoms with van der Waals surface area (Å²) in [6.45, 7) is 4.22. The molecule has 1 aromatic carbocycles. The van der Waals surface area contributed by atoms with E-state index in [0.717, 1.165) is 16.9 Å². The maximum atomic E-state index is 11.8. The summed E-state index contributed by atoms with van der Waals surface area (Å²) in [5, 5.41) is -0.165. The van der Waals surface area contributed by atoms with Crippen LogP contribution in [0.2, 0.25) is 0 Å². The average Bonchev–Trinajstić information content (AvgIpc) is 2.47. The minimum absolute atomic E-state index is 0.157. The quantitative estimate of drug-likeness (QED) is 0.418. The molecule has 1 aromatic rings. The van der Waals surface area contributed by atoms with Crippen molar-refractivity contribution in [1.82, 2.24) is 0 Å². The first-order valence-corrected chi connectivity index (χ1v) is 7.53. The molecule has 0 N–H and O–H groups in total. The molecule has 0 heterocycles. The number of rotatable bonds is 8. The summed E-state index contributed by atoms with van der Waals surface area (Å²) in [5.41, 5.74) is 0.948. The van der Waals surface area contributed by atoms with Crippen LogP contribution in [-0.2, 0) is 19.0 Å². The summed E-state index contributed by atoms with van der Waals surface area (Å²) in [4.78, 5) is 12.8. The van der Waals surface area contributed by atoms with Gasteiger partial charge in [-0.25, -0.2) is 0 Å². The van der Waals surface area contributed by atoms with Gasteiger partial charge >= 0.3 is 5.97 Å². The highest BCUT2D eigenvalue weighted by Crippen LogP contribution is 2.28. The molecule has 20 heavy (non-hydrogen) atoms. The SMILES string of the molecule is CCOC(=O)C(CC)Sc1ccc(C(OC)OC)cc1. The van der Waals surface area contributed by atoms with Crippen LogP contribution >= 0.6 is 11.8 Å². The Bertz CT molecular complexity index is 401. The molecule has 0 saturated carbocycles. The van der Waals surface area contributed by atoms with Gasteiger partial charge in [0.15, 0.2) is 6.29 Å². The van der Waals surface area contributed by atoms with Crippen LogP contribution in [0.15, 0.2) is 29.2 Å². The Labute approximate surface area is 124 Å². The van der Waals surface area contributed by atoms with Crippen LogP contribution in [0.4, 0.5) is 0 Å². The van der Waals surface area contributed by atoms with Gasteiger partial charge in [-0.05, 0) is 25.5 Å². The van der Waals surface area contributed by atoms with Crippen LogP contribution < -0.4 is 0 Å². The highest BCUT2D eigenvalue weighted by molar-refractivity contribution is 8.00. The van der Waals surface area contributed by atoms with Crippen molar-refractivity contribution in [3.8, 4) is 0 Å². The lowest BCUT2D eigenvalue weighted by molar-refractivity contribution is -0.142. The van der Waals surface area contributed by atoms with Crippen LogP contribution in [0.1, 0.15) is 32.1 Å². The molecule has 0 aliphatic carbocycles. The third-order valence-corrected chi connectivity index (χ3v) is 4.13. The first-order chi connectivity index (χ1) is 9.65. The second-order valence-corrected chi connectivity index (χ2v) is 5.42. The monoisotopic (exact) mass is 298 g/mol. The maximum Gasteiger partial charge on any atom is 0.319 e. The number of carbonyl (C=O) groups excluding carboxylic acids is 1. The van der Waals surface area contributed by atoms with E-state index >= 15 is 0 Å². The molecule has 1 rings (SSSR count). The third kappa shape index (κ3) is 4.81. The summed E-state index contributed by atoms with van der Waals surface area (Å²) < 4.78 is 15.5. The van der Waals surface area contributed by atoms with E-state index in [1.807, 2.05) is 38.1 Å². The highest BCUT2D eigenvalue weighted by Gasteiger charge is 2.19. The van der Waals surface area contributed by atoms with E-state index in [0.29, 0.717) is 6.61 Å². The van der Waals surface area contributed by atoms with Gasteiger partial charge in [-0.15, -0.1) is 11.8 Å². The summed E-state index contributed by atoms with van der Waals surface area (Å²) in [7, 11) is 3.20. The van der Waals surface area contributed by atoms with Crippen molar-refractivity contribution in [3.63, 3.8) is 0 Å². The molecule has 0 aromatic heterocycles. The molecule has 1 atom stereocenters. The second kappa shape index (κ2) is 9.00. The third-order valence-electron chi connectivity index (χ3n) is 2.78. The van der Waals surface area contributed by atoms with Gasteiger partial charge in [0.2, 0.25) is 0 Å². The minimum Gasteiger partial charge on any atom is -0.465 e. The van der Waals surface area contributed by atoms with Gasteiger partial charge in [0, 0.05) is 24.7 Å². The molecule has 0 radical (unpaired) electrons. The predicted molar refractivity (Wildman–Crippen MR) is 79.8 cm³/mol. The number of hydrogen-bond donors (Lipinski definition) is 0. The Morgan fingerprint density at radius 2 is 1.75 bits per heavy atom. The first kappa shape index (κ1) is 17.0. The van der Waals surface area contributed by atoms with Gasteiger partial charge in [0.25, 0.3) is 0 Å². The summed E-state index contributed by atoms with van der Waals surface area (Å²) in [6.07, 6.45) is 0.380. The lowest BCUT2D eigenvalue weighted by Gasteiger charge is -2.15. The molecule has 112 valence electrons. The zero-order valence-electron chi connectivity index (χ0n) is 12.4. The average molecular weight is 298 g/mol. The fourth-order valence-electron chi connectivity index (χ4n) is 1.77. The number of hydrogen-bond acceptors (Lipinski definition) is 5. The van der Waals surface area contributed by atoms with E-state index in [2.05, 4.69) is 0 Å². The van der Waals surface area contributed by atoms with Crippen molar-refractivity contribution in [2.75, 3.05) is 20.8 Å². The number of carbonyl (C=O) groups is 1. The molecule has 0 aliphatic rings. The van der Waals surface area contributed by atoms with Crippen LogP contribution in [0.5, 0.6) is 0 Å². The fourth-order valence-corrected chi connectivity index (χ4v) is 2.72. The van der Waals surface area contributed by atoms with Crippen molar-refractivity contribution >= 4 is 17.7 Å². The number of methoxy groups -OCH3 is 2. The topological polar surface area (TPSA) is 44.8 Å². The lowest BCUT2D eigenvalue weighted by Crippen LogP contribution is -2.19. The smallest absolute Gasteiger partial charge is 0.319 e. The van der Waals surface area contributed by atoms with Gasteiger partial charge in [-0.2, -0.15) is 0 Å². The van der Waals surface area contributed by atoms with Crippen LogP contribution in [0.25, 0.3) is 0 Å². The summed E-state index contributed by atoms with van der Waals surface area (Å²) in [5.74, 6) is -0.157. The molecular formula is C15H22O4S. The van der Waals surface area contributed by atoms with Crippen molar-refractivity contribution in [2.24, 2.45) is 0 Å². The van der Waals surface area contributed by atoms with E-state index < -0.39 is 0 Å². The summed E-state index contributed by atoms with van der Waals surface area (Å²) >= 11 is 1.52. The largest absolute Gasteiger partial charge is 0.465 e. The predicted octanol–water partition coefficient (Wildman–Crippen LogP) is 3.41. The molecule has 1 unspecified atom stereocenters. The molecule has 0 amide bonds. The normalized spacial score (nSPS) is 12.4. The Morgan fingerprint density at radius 3 is 2.20 bits per heavy atom. The molecule has 0 saturated heterocycles. The van der Waals surface area contributed by atoms with Gasteiger partial charge < -0.3 is 14.2 Å². The number of thioether (sulfide) groups is 1. The Hall–Kier alpha value is -1.04. The van der Waals surface area contributed by atoms with E-state index in [1.54, 1.807) is 14.2 Å². The second-order valence-electron chi connectivity index (χ2n) is 4.14. The molecule has 0 fully saturated rings. The molecule has 0 aliphatic heterocycles.